The van der Waals surface area contributed by atoms with Crippen molar-refractivity contribution in [2.45, 2.75) is 38.3 Å². The van der Waals surface area contributed by atoms with Crippen LogP contribution in [0.15, 0.2) is 54.6 Å². The van der Waals surface area contributed by atoms with E-state index < -0.39 is 0 Å². The first kappa shape index (κ1) is 20.0. The summed E-state index contributed by atoms with van der Waals surface area (Å²) in [6.07, 6.45) is 4.56. The highest BCUT2D eigenvalue weighted by Crippen LogP contribution is 2.33. The summed E-state index contributed by atoms with van der Waals surface area (Å²) in [5.74, 6) is 0.949. The Bertz CT molecular complexity index is 828. The molecule has 2 aliphatic heterocycles. The summed E-state index contributed by atoms with van der Waals surface area (Å²) in [4.78, 5) is 28.7. The van der Waals surface area contributed by atoms with E-state index >= 15 is 0 Å². The van der Waals surface area contributed by atoms with Crippen LogP contribution in [0.2, 0.25) is 0 Å². The van der Waals surface area contributed by atoms with Gasteiger partial charge >= 0.3 is 0 Å². The predicted molar refractivity (Wildman–Crippen MR) is 115 cm³/mol. The zero-order valence-electron chi connectivity index (χ0n) is 17.0. The van der Waals surface area contributed by atoms with Crippen molar-refractivity contribution in [3.05, 3.63) is 71.3 Å². The molecule has 2 aliphatic rings. The molecule has 2 heterocycles. The fraction of sp³-hybridized carbons (Fsp3) is 0.440. The van der Waals surface area contributed by atoms with Crippen molar-refractivity contribution >= 4 is 12.1 Å². The summed E-state index contributed by atoms with van der Waals surface area (Å²) >= 11 is 0. The normalized spacial score (nSPS) is 20.5. The van der Waals surface area contributed by atoms with Crippen LogP contribution in [0.3, 0.4) is 0 Å². The van der Waals surface area contributed by atoms with Gasteiger partial charge in [-0.25, -0.2) is 0 Å². The molecule has 0 radical (unpaired) electrons. The topological polar surface area (TPSA) is 40.6 Å². The lowest BCUT2D eigenvalue weighted by Crippen LogP contribution is -2.39. The maximum absolute atomic E-state index is 12.3. The highest BCUT2D eigenvalue weighted by molar-refractivity contribution is 5.81. The Morgan fingerprint density at radius 1 is 1.00 bits per heavy atom. The van der Waals surface area contributed by atoms with Crippen LogP contribution in [0, 0.1) is 5.92 Å². The van der Waals surface area contributed by atoms with E-state index in [0.29, 0.717) is 24.5 Å². The highest BCUT2D eigenvalue weighted by Gasteiger charge is 2.32. The van der Waals surface area contributed by atoms with E-state index in [9.17, 15) is 9.59 Å². The first-order chi connectivity index (χ1) is 14.2. The lowest BCUT2D eigenvalue weighted by atomic mass is 9.95. The van der Waals surface area contributed by atoms with Crippen molar-refractivity contribution in [2.75, 3.05) is 26.2 Å². The van der Waals surface area contributed by atoms with Crippen molar-refractivity contribution in [2.24, 2.45) is 5.92 Å². The molecule has 1 unspecified atom stereocenters. The van der Waals surface area contributed by atoms with Gasteiger partial charge in [0.15, 0.2) is 0 Å². The molecule has 29 heavy (non-hydrogen) atoms. The Balaban J connectivity index is 1.20. The third kappa shape index (κ3) is 5.01. The number of piperidine rings is 1. The first-order valence-electron chi connectivity index (χ1n) is 10.8. The molecule has 0 aliphatic carbocycles. The third-order valence-corrected chi connectivity index (χ3v) is 6.42. The van der Waals surface area contributed by atoms with E-state index in [1.54, 1.807) is 0 Å². The quantitative estimate of drug-likeness (QED) is 0.645. The van der Waals surface area contributed by atoms with Crippen LogP contribution in [0.25, 0.3) is 0 Å². The minimum absolute atomic E-state index is 0.0835. The van der Waals surface area contributed by atoms with E-state index in [1.807, 2.05) is 36.4 Å². The largest absolute Gasteiger partial charge is 0.303 e. The van der Waals surface area contributed by atoms with Crippen molar-refractivity contribution in [3.8, 4) is 0 Å². The molecule has 0 amide bonds. The Kier molecular flexibility index (Phi) is 6.53. The van der Waals surface area contributed by atoms with Gasteiger partial charge in [-0.15, -0.1) is 0 Å². The van der Waals surface area contributed by atoms with Crippen LogP contribution in [0.1, 0.15) is 42.0 Å². The number of nitrogens with zero attached hydrogens (tertiary/aromatic N) is 2. The standard InChI is InChI=1S/C25H30N2O2/c28-19-25-24-9-5-4-8-22(24)18-27(25)17-21-10-13-26(14-11-21)15-12-23(29)16-20-6-2-1-3-7-20/h1-9,19,21,25H,10-18H2. The Hall–Kier alpha value is -2.30. The number of benzene rings is 2. The van der Waals surface area contributed by atoms with Gasteiger partial charge in [0, 0.05) is 32.5 Å². The molecule has 1 atom stereocenters. The summed E-state index contributed by atoms with van der Waals surface area (Å²) in [6.45, 7) is 4.84. The maximum atomic E-state index is 12.3. The number of likely N-dealkylation sites (tertiary alicyclic amines) is 1. The molecule has 0 aromatic heterocycles. The minimum atomic E-state index is -0.0835. The molecule has 4 nitrogen and oxygen atoms in total. The van der Waals surface area contributed by atoms with E-state index in [0.717, 1.165) is 57.4 Å². The van der Waals surface area contributed by atoms with Crippen LogP contribution >= 0.6 is 0 Å². The van der Waals surface area contributed by atoms with Gasteiger partial charge in [0.2, 0.25) is 0 Å². The molecule has 2 aromatic rings. The molecule has 0 saturated carbocycles. The molecule has 4 heteroatoms. The Morgan fingerprint density at radius 3 is 2.48 bits per heavy atom. The average Bonchev–Trinajstić information content (AvgIpc) is 3.11. The van der Waals surface area contributed by atoms with E-state index in [4.69, 9.17) is 0 Å². The molecule has 1 saturated heterocycles. The molecule has 4 rings (SSSR count). The maximum Gasteiger partial charge on any atom is 0.141 e. The number of rotatable bonds is 8. The Morgan fingerprint density at radius 2 is 1.72 bits per heavy atom. The number of ketones is 1. The average molecular weight is 391 g/mol. The predicted octanol–water partition coefficient (Wildman–Crippen LogP) is 3.66. The molecule has 1 fully saturated rings. The number of hydrogen-bond donors (Lipinski definition) is 0. The SMILES string of the molecule is O=CC1c2ccccc2CN1CC1CCN(CCC(=O)Cc2ccccc2)CC1. The second-order valence-corrected chi connectivity index (χ2v) is 8.45. The summed E-state index contributed by atoms with van der Waals surface area (Å²) < 4.78 is 0. The van der Waals surface area contributed by atoms with Crippen LogP contribution < -0.4 is 0 Å². The number of fused-ring (bicyclic) bond motifs is 1. The second-order valence-electron chi connectivity index (χ2n) is 8.45. The zero-order chi connectivity index (χ0) is 20.1. The fourth-order valence-corrected chi connectivity index (χ4v) is 4.74. The van der Waals surface area contributed by atoms with E-state index in [-0.39, 0.29) is 6.04 Å². The summed E-state index contributed by atoms with van der Waals surface area (Å²) in [6, 6.07) is 18.2. The number of carbonyl (C=O) groups excluding carboxylic acids is 2. The molecule has 0 bridgehead atoms. The highest BCUT2D eigenvalue weighted by atomic mass is 16.1. The molecule has 2 aromatic carbocycles. The Labute approximate surface area is 173 Å². The second kappa shape index (κ2) is 9.47. The van der Waals surface area contributed by atoms with Gasteiger partial charge in [-0.2, -0.15) is 0 Å². The molecular formula is C25H30N2O2. The third-order valence-electron chi connectivity index (χ3n) is 6.42. The van der Waals surface area contributed by atoms with Crippen LogP contribution in [0.5, 0.6) is 0 Å². The van der Waals surface area contributed by atoms with Gasteiger partial charge in [-0.3, -0.25) is 9.69 Å². The summed E-state index contributed by atoms with van der Waals surface area (Å²) in [7, 11) is 0. The molecule has 152 valence electrons. The number of hydrogen-bond acceptors (Lipinski definition) is 4. The summed E-state index contributed by atoms with van der Waals surface area (Å²) in [5.41, 5.74) is 3.57. The smallest absolute Gasteiger partial charge is 0.141 e. The molecular weight excluding hydrogens is 360 g/mol. The lowest BCUT2D eigenvalue weighted by molar-refractivity contribution is -0.118. The van der Waals surface area contributed by atoms with Crippen LogP contribution in [-0.2, 0) is 22.6 Å². The molecule has 0 spiro atoms. The van der Waals surface area contributed by atoms with Gasteiger partial charge < -0.3 is 9.69 Å². The number of aldehydes is 1. The van der Waals surface area contributed by atoms with E-state index in [1.165, 1.54) is 11.1 Å². The van der Waals surface area contributed by atoms with Gasteiger partial charge in [-0.1, -0.05) is 54.6 Å². The van der Waals surface area contributed by atoms with E-state index in [2.05, 4.69) is 28.0 Å². The number of carbonyl (C=O) groups is 2. The molecule has 0 N–H and O–H groups in total. The van der Waals surface area contributed by atoms with Crippen LogP contribution in [0.4, 0.5) is 0 Å². The zero-order valence-corrected chi connectivity index (χ0v) is 17.0. The van der Waals surface area contributed by atoms with Crippen molar-refractivity contribution in [1.29, 1.82) is 0 Å². The van der Waals surface area contributed by atoms with Crippen LogP contribution in [-0.4, -0.2) is 48.0 Å². The van der Waals surface area contributed by atoms with Gasteiger partial charge in [-0.05, 0) is 48.5 Å². The monoisotopic (exact) mass is 390 g/mol. The van der Waals surface area contributed by atoms with Gasteiger partial charge in [0.1, 0.15) is 12.1 Å². The first-order valence-corrected chi connectivity index (χ1v) is 10.8. The fourth-order valence-electron chi connectivity index (χ4n) is 4.74. The van der Waals surface area contributed by atoms with Crippen molar-refractivity contribution in [3.63, 3.8) is 0 Å². The van der Waals surface area contributed by atoms with Crippen molar-refractivity contribution < 1.29 is 9.59 Å². The minimum Gasteiger partial charge on any atom is -0.303 e. The van der Waals surface area contributed by atoms with Gasteiger partial charge in [0.25, 0.3) is 0 Å². The van der Waals surface area contributed by atoms with Crippen molar-refractivity contribution in [1.82, 2.24) is 9.80 Å². The summed E-state index contributed by atoms with van der Waals surface area (Å²) in [5, 5.41) is 0. The lowest BCUT2D eigenvalue weighted by Gasteiger charge is -2.34. The van der Waals surface area contributed by atoms with Gasteiger partial charge in [0.05, 0.1) is 6.04 Å². The number of Topliss-reactive ketones (excluding diaryl/α,β-unsaturated/α-hetero) is 1.